The molecule has 1 saturated heterocycles. The number of carbonyl (C=O) groups excluding carboxylic acids is 2. The Morgan fingerprint density at radius 3 is 2.49 bits per heavy atom. The molecule has 39 heavy (non-hydrogen) atoms. The Bertz CT molecular complexity index is 1480. The Kier molecular flexibility index (Phi) is 8.33. The average molecular weight is 560 g/mol. The molecule has 1 aromatic heterocycles. The molecule has 9 heteroatoms. The molecule has 0 aliphatic carbocycles. The SMILES string of the molecule is Cc1cccc(-n2c(Cc3ccccc3)nnc2SCC(=O)N2CCN(C(=O)c3ccccc3Cl)C(C)C2)c1. The predicted molar refractivity (Wildman–Crippen MR) is 155 cm³/mol. The molecular weight excluding hydrogens is 530 g/mol. The molecule has 200 valence electrons. The quantitative estimate of drug-likeness (QED) is 0.288. The fraction of sp³-hybridized carbons (Fsp3) is 0.267. The van der Waals surface area contributed by atoms with E-state index in [1.165, 1.54) is 11.8 Å². The van der Waals surface area contributed by atoms with Crippen molar-refractivity contribution in [1.82, 2.24) is 24.6 Å². The molecule has 0 bridgehead atoms. The van der Waals surface area contributed by atoms with E-state index in [1.54, 1.807) is 23.1 Å². The van der Waals surface area contributed by atoms with Gasteiger partial charge in [0.15, 0.2) is 5.16 Å². The van der Waals surface area contributed by atoms with Crippen LogP contribution in [-0.4, -0.2) is 67.8 Å². The molecule has 2 heterocycles. The number of rotatable bonds is 7. The Morgan fingerprint density at radius 2 is 1.74 bits per heavy atom. The van der Waals surface area contributed by atoms with Crippen molar-refractivity contribution in [3.63, 3.8) is 0 Å². The topological polar surface area (TPSA) is 71.3 Å². The summed E-state index contributed by atoms with van der Waals surface area (Å²) in [5.41, 5.74) is 3.74. The van der Waals surface area contributed by atoms with Crippen LogP contribution in [0.25, 0.3) is 5.69 Å². The van der Waals surface area contributed by atoms with E-state index < -0.39 is 0 Å². The molecular formula is C30H30ClN5O2S. The van der Waals surface area contributed by atoms with Gasteiger partial charge in [-0.05, 0) is 49.2 Å². The van der Waals surface area contributed by atoms with Gasteiger partial charge in [-0.25, -0.2) is 0 Å². The van der Waals surface area contributed by atoms with Crippen LogP contribution in [0.5, 0.6) is 0 Å². The first-order valence-corrected chi connectivity index (χ1v) is 14.3. The number of aryl methyl sites for hydroxylation is 1. The third-order valence-electron chi connectivity index (χ3n) is 6.84. The summed E-state index contributed by atoms with van der Waals surface area (Å²) in [4.78, 5) is 29.9. The maximum Gasteiger partial charge on any atom is 0.255 e. The molecule has 0 N–H and O–H groups in total. The van der Waals surface area contributed by atoms with Crippen LogP contribution < -0.4 is 0 Å². The van der Waals surface area contributed by atoms with E-state index >= 15 is 0 Å². The van der Waals surface area contributed by atoms with Gasteiger partial charge in [-0.2, -0.15) is 0 Å². The van der Waals surface area contributed by atoms with Gasteiger partial charge >= 0.3 is 0 Å². The van der Waals surface area contributed by atoms with E-state index in [0.29, 0.717) is 41.8 Å². The highest BCUT2D eigenvalue weighted by molar-refractivity contribution is 7.99. The minimum atomic E-state index is -0.120. The van der Waals surface area contributed by atoms with Crippen molar-refractivity contribution < 1.29 is 9.59 Å². The number of nitrogens with zero attached hydrogens (tertiary/aromatic N) is 5. The van der Waals surface area contributed by atoms with Gasteiger partial charge in [-0.15, -0.1) is 10.2 Å². The van der Waals surface area contributed by atoms with Crippen LogP contribution in [0.3, 0.4) is 0 Å². The van der Waals surface area contributed by atoms with E-state index in [0.717, 1.165) is 22.6 Å². The number of hydrogen-bond acceptors (Lipinski definition) is 5. The minimum absolute atomic E-state index is 0.0140. The van der Waals surface area contributed by atoms with E-state index in [1.807, 2.05) is 52.8 Å². The van der Waals surface area contributed by atoms with Gasteiger partial charge < -0.3 is 9.80 Å². The molecule has 0 saturated carbocycles. The number of benzene rings is 3. The molecule has 1 unspecified atom stereocenters. The smallest absolute Gasteiger partial charge is 0.255 e. The third kappa shape index (κ3) is 6.18. The van der Waals surface area contributed by atoms with Crippen molar-refractivity contribution in [3.8, 4) is 5.69 Å². The molecule has 7 nitrogen and oxygen atoms in total. The van der Waals surface area contributed by atoms with Crippen molar-refractivity contribution in [2.45, 2.75) is 31.5 Å². The standard InChI is InChI=1S/C30H30ClN5O2S/c1-21-9-8-12-24(17-21)36-27(18-23-10-4-3-5-11-23)32-33-30(36)39-20-28(37)34-15-16-35(22(2)19-34)29(38)25-13-6-7-14-26(25)31/h3-14,17,22H,15-16,18-20H2,1-2H3. The second-order valence-corrected chi connectivity index (χ2v) is 11.0. The Labute approximate surface area is 237 Å². The number of amides is 2. The summed E-state index contributed by atoms with van der Waals surface area (Å²) >= 11 is 7.64. The molecule has 2 amide bonds. The lowest BCUT2D eigenvalue weighted by Gasteiger charge is -2.40. The molecule has 1 aliphatic rings. The highest BCUT2D eigenvalue weighted by Gasteiger charge is 2.31. The molecule has 0 spiro atoms. The summed E-state index contributed by atoms with van der Waals surface area (Å²) in [5, 5.41) is 10.1. The van der Waals surface area contributed by atoms with Crippen molar-refractivity contribution in [1.29, 1.82) is 0 Å². The van der Waals surface area contributed by atoms with Gasteiger partial charge in [0.2, 0.25) is 5.91 Å². The Balaban J connectivity index is 1.27. The third-order valence-corrected chi connectivity index (χ3v) is 8.08. The van der Waals surface area contributed by atoms with Crippen LogP contribution in [0, 0.1) is 6.92 Å². The highest BCUT2D eigenvalue weighted by Crippen LogP contribution is 2.26. The van der Waals surface area contributed by atoms with Crippen molar-refractivity contribution in [2.24, 2.45) is 0 Å². The van der Waals surface area contributed by atoms with Gasteiger partial charge in [0.05, 0.1) is 16.3 Å². The summed E-state index contributed by atoms with van der Waals surface area (Å²) in [6, 6.07) is 25.3. The summed E-state index contributed by atoms with van der Waals surface area (Å²) in [5.74, 6) is 0.967. The fourth-order valence-corrected chi connectivity index (χ4v) is 5.90. The number of piperazine rings is 1. The van der Waals surface area contributed by atoms with Crippen LogP contribution in [0.15, 0.2) is 84.0 Å². The lowest BCUT2D eigenvalue weighted by molar-refractivity contribution is -0.130. The molecule has 1 atom stereocenters. The molecule has 0 radical (unpaired) electrons. The molecule has 3 aromatic carbocycles. The zero-order valence-electron chi connectivity index (χ0n) is 22.0. The first-order valence-electron chi connectivity index (χ1n) is 12.9. The number of halogens is 1. The van der Waals surface area contributed by atoms with Crippen LogP contribution in [0.2, 0.25) is 5.02 Å². The second-order valence-electron chi connectivity index (χ2n) is 9.69. The lowest BCUT2D eigenvalue weighted by Crippen LogP contribution is -2.55. The number of carbonyl (C=O) groups is 2. The average Bonchev–Trinajstić information content (AvgIpc) is 3.34. The van der Waals surface area contributed by atoms with E-state index in [-0.39, 0.29) is 23.6 Å². The van der Waals surface area contributed by atoms with Crippen molar-refractivity contribution in [2.75, 3.05) is 25.4 Å². The van der Waals surface area contributed by atoms with Crippen molar-refractivity contribution in [3.05, 3.63) is 106 Å². The van der Waals surface area contributed by atoms with Gasteiger partial charge in [0.1, 0.15) is 5.82 Å². The van der Waals surface area contributed by atoms with Gasteiger partial charge in [-0.1, -0.05) is 78.0 Å². The summed E-state index contributed by atoms with van der Waals surface area (Å²) in [6.45, 7) is 5.43. The summed E-state index contributed by atoms with van der Waals surface area (Å²) < 4.78 is 2.04. The van der Waals surface area contributed by atoms with Gasteiger partial charge in [-0.3, -0.25) is 14.2 Å². The monoisotopic (exact) mass is 559 g/mol. The zero-order chi connectivity index (χ0) is 27.4. The molecule has 5 rings (SSSR count). The largest absolute Gasteiger partial charge is 0.338 e. The van der Waals surface area contributed by atoms with Crippen LogP contribution in [0.4, 0.5) is 0 Å². The first kappa shape index (κ1) is 27.0. The van der Waals surface area contributed by atoms with E-state index in [9.17, 15) is 9.59 Å². The van der Waals surface area contributed by atoms with Crippen LogP contribution in [0.1, 0.15) is 34.2 Å². The molecule has 1 fully saturated rings. The normalized spacial score (nSPS) is 15.4. The van der Waals surface area contributed by atoms with E-state index in [4.69, 9.17) is 11.6 Å². The minimum Gasteiger partial charge on any atom is -0.338 e. The van der Waals surface area contributed by atoms with E-state index in [2.05, 4.69) is 41.4 Å². The fourth-order valence-electron chi connectivity index (χ4n) is 4.81. The summed E-state index contributed by atoms with van der Waals surface area (Å²) in [6.07, 6.45) is 0.634. The number of thioether (sulfide) groups is 1. The van der Waals surface area contributed by atoms with Crippen LogP contribution >= 0.6 is 23.4 Å². The predicted octanol–water partition coefficient (Wildman–Crippen LogP) is 5.29. The maximum atomic E-state index is 13.2. The molecule has 1 aliphatic heterocycles. The van der Waals surface area contributed by atoms with Crippen LogP contribution in [-0.2, 0) is 11.2 Å². The van der Waals surface area contributed by atoms with Gasteiger partial charge in [0.25, 0.3) is 5.91 Å². The lowest BCUT2D eigenvalue weighted by atomic mass is 10.1. The number of aromatic nitrogens is 3. The Hall–Kier alpha value is -3.62. The second kappa shape index (κ2) is 12.1. The Morgan fingerprint density at radius 1 is 0.974 bits per heavy atom. The first-order chi connectivity index (χ1) is 18.9. The highest BCUT2D eigenvalue weighted by atomic mass is 35.5. The zero-order valence-corrected chi connectivity index (χ0v) is 23.5. The maximum absolute atomic E-state index is 13.2. The number of hydrogen-bond donors (Lipinski definition) is 0. The van der Waals surface area contributed by atoms with Gasteiger partial charge in [0, 0.05) is 37.8 Å². The van der Waals surface area contributed by atoms with Crippen molar-refractivity contribution >= 4 is 35.2 Å². The molecule has 4 aromatic rings. The summed E-state index contributed by atoms with van der Waals surface area (Å²) in [7, 11) is 0.